The van der Waals surface area contributed by atoms with Crippen LogP contribution in [-0.2, 0) is 9.53 Å². The SMILES string of the molecule is COC(=O)c1c(NC(=O)CSc2nnc3cc(C)c4ccccc4n23)sc(Cl)c1-c1ccccc1. The standard InChI is InChI=1S/C25H19ClN4O3S2/c1-14-12-18-28-29-25(30(18)17-11-7-6-10-16(14)17)34-13-19(31)27-23-21(24(32)33-2)20(22(26)35-23)15-8-4-3-5-9-15/h3-12H,13H2,1-2H3,(H,27,31). The van der Waals surface area contributed by atoms with Gasteiger partial charge in [-0.15, -0.1) is 21.5 Å². The van der Waals surface area contributed by atoms with E-state index in [2.05, 4.69) is 15.5 Å². The summed E-state index contributed by atoms with van der Waals surface area (Å²) in [6, 6.07) is 19.3. The molecule has 0 saturated heterocycles. The minimum atomic E-state index is -0.569. The Kier molecular flexibility index (Phi) is 6.46. The Labute approximate surface area is 214 Å². The number of thiophene rings is 1. The highest BCUT2D eigenvalue weighted by atomic mass is 35.5. The number of benzene rings is 2. The number of esters is 1. The van der Waals surface area contributed by atoms with Crippen LogP contribution in [0.15, 0.2) is 65.8 Å². The van der Waals surface area contributed by atoms with E-state index >= 15 is 0 Å². The molecule has 0 radical (unpaired) electrons. The number of pyridine rings is 1. The van der Waals surface area contributed by atoms with Crippen LogP contribution in [0, 0.1) is 6.92 Å². The molecule has 5 aromatic rings. The number of anilines is 1. The van der Waals surface area contributed by atoms with Crippen LogP contribution >= 0.6 is 34.7 Å². The zero-order chi connectivity index (χ0) is 24.5. The van der Waals surface area contributed by atoms with Crippen molar-refractivity contribution in [3.63, 3.8) is 0 Å². The molecular formula is C25H19ClN4O3S2. The maximum atomic E-state index is 12.9. The normalized spacial score (nSPS) is 11.2. The molecule has 0 bridgehead atoms. The minimum Gasteiger partial charge on any atom is -0.465 e. The highest BCUT2D eigenvalue weighted by Gasteiger charge is 2.26. The molecule has 3 heterocycles. The van der Waals surface area contributed by atoms with E-state index in [0.717, 1.165) is 39.0 Å². The smallest absolute Gasteiger partial charge is 0.341 e. The van der Waals surface area contributed by atoms with Crippen molar-refractivity contribution in [3.8, 4) is 11.1 Å². The van der Waals surface area contributed by atoms with Crippen molar-refractivity contribution in [2.24, 2.45) is 0 Å². The molecule has 0 fully saturated rings. The Morgan fingerprint density at radius 2 is 1.86 bits per heavy atom. The number of aromatic nitrogens is 3. The molecule has 0 spiro atoms. The van der Waals surface area contributed by atoms with Gasteiger partial charge in [0.25, 0.3) is 0 Å². The fourth-order valence-electron chi connectivity index (χ4n) is 3.91. The highest BCUT2D eigenvalue weighted by molar-refractivity contribution is 7.99. The van der Waals surface area contributed by atoms with Gasteiger partial charge in [0.15, 0.2) is 10.8 Å². The number of carbonyl (C=O) groups is 2. The number of amides is 1. The maximum absolute atomic E-state index is 12.9. The van der Waals surface area contributed by atoms with Gasteiger partial charge in [-0.1, -0.05) is 71.9 Å². The summed E-state index contributed by atoms with van der Waals surface area (Å²) in [4.78, 5) is 25.5. The maximum Gasteiger partial charge on any atom is 0.341 e. The van der Waals surface area contributed by atoms with Crippen LogP contribution in [-0.4, -0.2) is 39.3 Å². The third kappa shape index (κ3) is 4.38. The van der Waals surface area contributed by atoms with Gasteiger partial charge in [0.2, 0.25) is 5.91 Å². The van der Waals surface area contributed by atoms with Gasteiger partial charge in [0, 0.05) is 10.9 Å². The molecule has 0 aliphatic rings. The monoisotopic (exact) mass is 522 g/mol. The van der Waals surface area contributed by atoms with Gasteiger partial charge in [-0.05, 0) is 30.2 Å². The lowest BCUT2D eigenvalue weighted by Crippen LogP contribution is -2.16. The van der Waals surface area contributed by atoms with Crippen molar-refractivity contribution in [1.29, 1.82) is 0 Å². The number of aryl methyl sites for hydroxylation is 1. The molecule has 1 N–H and O–H groups in total. The minimum absolute atomic E-state index is 0.0692. The number of fused-ring (bicyclic) bond motifs is 3. The van der Waals surface area contributed by atoms with Gasteiger partial charge in [0.1, 0.15) is 14.9 Å². The summed E-state index contributed by atoms with van der Waals surface area (Å²) in [5.74, 6) is -0.800. The summed E-state index contributed by atoms with van der Waals surface area (Å²) < 4.78 is 7.32. The zero-order valence-electron chi connectivity index (χ0n) is 18.7. The Morgan fingerprint density at radius 3 is 2.63 bits per heavy atom. The van der Waals surface area contributed by atoms with Gasteiger partial charge < -0.3 is 10.1 Å². The predicted molar refractivity (Wildman–Crippen MR) is 141 cm³/mol. The van der Waals surface area contributed by atoms with Gasteiger partial charge >= 0.3 is 5.97 Å². The third-order valence-electron chi connectivity index (χ3n) is 5.48. The number of hydrogen-bond acceptors (Lipinski definition) is 7. The molecule has 10 heteroatoms. The Morgan fingerprint density at radius 1 is 1.11 bits per heavy atom. The number of ether oxygens (including phenoxy) is 1. The first-order valence-electron chi connectivity index (χ1n) is 10.6. The molecule has 0 atom stereocenters. The van der Waals surface area contributed by atoms with Crippen LogP contribution in [0.4, 0.5) is 5.00 Å². The molecule has 35 heavy (non-hydrogen) atoms. The molecule has 2 aromatic carbocycles. The van der Waals surface area contributed by atoms with E-state index in [1.54, 1.807) is 0 Å². The molecule has 0 aliphatic carbocycles. The van der Waals surface area contributed by atoms with Gasteiger partial charge in [-0.3, -0.25) is 9.20 Å². The van der Waals surface area contributed by atoms with E-state index in [0.29, 0.717) is 20.1 Å². The summed E-state index contributed by atoms with van der Waals surface area (Å²) in [5.41, 5.74) is 4.34. The topological polar surface area (TPSA) is 85.6 Å². The summed E-state index contributed by atoms with van der Waals surface area (Å²) >= 11 is 8.89. The largest absolute Gasteiger partial charge is 0.465 e. The van der Waals surface area contributed by atoms with Crippen LogP contribution < -0.4 is 5.32 Å². The lowest BCUT2D eigenvalue weighted by Gasteiger charge is -2.08. The van der Waals surface area contributed by atoms with E-state index in [1.807, 2.05) is 72.0 Å². The number of thioether (sulfide) groups is 1. The molecule has 176 valence electrons. The summed E-state index contributed by atoms with van der Waals surface area (Å²) in [6.07, 6.45) is 0. The van der Waals surface area contributed by atoms with E-state index in [1.165, 1.54) is 18.9 Å². The third-order valence-corrected chi connectivity index (χ3v) is 7.72. The van der Waals surface area contributed by atoms with Crippen LogP contribution in [0.5, 0.6) is 0 Å². The number of halogens is 1. The Bertz CT molecular complexity index is 1580. The van der Waals surface area contributed by atoms with Crippen LogP contribution in [0.25, 0.3) is 27.7 Å². The van der Waals surface area contributed by atoms with Crippen LogP contribution in [0.3, 0.4) is 0 Å². The second kappa shape index (κ2) is 9.69. The Balaban J connectivity index is 1.42. The number of rotatable bonds is 6. The van der Waals surface area contributed by atoms with Crippen molar-refractivity contribution < 1.29 is 14.3 Å². The fraction of sp³-hybridized carbons (Fsp3) is 0.120. The van der Waals surface area contributed by atoms with Crippen molar-refractivity contribution in [2.45, 2.75) is 12.1 Å². The lowest BCUT2D eigenvalue weighted by atomic mass is 10.0. The number of methoxy groups -OCH3 is 1. The van der Waals surface area contributed by atoms with E-state index in [-0.39, 0.29) is 17.2 Å². The van der Waals surface area contributed by atoms with Gasteiger partial charge in [-0.25, -0.2) is 4.79 Å². The first-order chi connectivity index (χ1) is 17.0. The molecule has 0 aliphatic heterocycles. The van der Waals surface area contributed by atoms with Crippen molar-refractivity contribution in [3.05, 3.63) is 76.1 Å². The van der Waals surface area contributed by atoms with Crippen molar-refractivity contribution >= 4 is 68.1 Å². The number of nitrogens with one attached hydrogen (secondary N) is 1. The highest BCUT2D eigenvalue weighted by Crippen LogP contribution is 2.44. The fourth-order valence-corrected chi connectivity index (χ4v) is 6.05. The average Bonchev–Trinajstić information content (AvgIpc) is 3.43. The van der Waals surface area contributed by atoms with E-state index in [9.17, 15) is 9.59 Å². The molecule has 7 nitrogen and oxygen atoms in total. The van der Waals surface area contributed by atoms with Crippen molar-refractivity contribution in [1.82, 2.24) is 14.6 Å². The lowest BCUT2D eigenvalue weighted by molar-refractivity contribution is -0.113. The number of hydrogen-bond donors (Lipinski definition) is 1. The molecule has 3 aromatic heterocycles. The number of nitrogens with zero attached hydrogens (tertiary/aromatic N) is 3. The summed E-state index contributed by atoms with van der Waals surface area (Å²) in [5, 5.41) is 13.4. The van der Waals surface area contributed by atoms with E-state index < -0.39 is 5.97 Å². The molecule has 0 unspecified atom stereocenters. The van der Waals surface area contributed by atoms with Crippen LogP contribution in [0.2, 0.25) is 4.34 Å². The van der Waals surface area contributed by atoms with Gasteiger partial charge in [0.05, 0.1) is 18.4 Å². The summed E-state index contributed by atoms with van der Waals surface area (Å²) in [7, 11) is 1.30. The molecule has 5 rings (SSSR count). The number of para-hydroxylation sites is 1. The number of carbonyl (C=O) groups excluding carboxylic acids is 2. The first kappa shape index (κ1) is 23.3. The van der Waals surface area contributed by atoms with Crippen molar-refractivity contribution in [2.75, 3.05) is 18.2 Å². The average molecular weight is 523 g/mol. The van der Waals surface area contributed by atoms with Gasteiger partial charge in [-0.2, -0.15) is 0 Å². The summed E-state index contributed by atoms with van der Waals surface area (Å²) in [6.45, 7) is 2.03. The first-order valence-corrected chi connectivity index (χ1v) is 12.8. The molecule has 0 saturated carbocycles. The molecule has 1 amide bonds. The second-order valence-electron chi connectivity index (χ2n) is 7.67. The second-order valence-corrected chi connectivity index (χ2v) is 10.2. The Hall–Kier alpha value is -3.40. The quantitative estimate of drug-likeness (QED) is 0.214. The predicted octanol–water partition coefficient (Wildman–Crippen LogP) is 6.09. The molecular weight excluding hydrogens is 504 g/mol. The zero-order valence-corrected chi connectivity index (χ0v) is 21.1. The van der Waals surface area contributed by atoms with E-state index in [4.69, 9.17) is 16.3 Å². The van der Waals surface area contributed by atoms with Crippen LogP contribution in [0.1, 0.15) is 15.9 Å².